The molecular formula is C12H12N2O2. The van der Waals surface area contributed by atoms with Crippen LogP contribution >= 0.6 is 0 Å². The molecule has 82 valence electrons. The first-order valence-electron chi connectivity index (χ1n) is 5.16. The Morgan fingerprint density at radius 1 is 1.38 bits per heavy atom. The minimum Gasteiger partial charge on any atom is -0.304 e. The number of carbonyl (C=O) groups excluding carboxylic acids is 1. The number of hydroxylamine groups is 1. The van der Waals surface area contributed by atoms with E-state index in [2.05, 4.69) is 5.48 Å². The molecule has 1 aromatic rings. The topological polar surface area (TPSA) is 41.6 Å². The van der Waals surface area contributed by atoms with Gasteiger partial charge in [0.1, 0.15) is 0 Å². The van der Waals surface area contributed by atoms with Crippen molar-refractivity contribution in [3.63, 3.8) is 0 Å². The van der Waals surface area contributed by atoms with E-state index in [-0.39, 0.29) is 5.91 Å². The summed E-state index contributed by atoms with van der Waals surface area (Å²) < 4.78 is 0. The van der Waals surface area contributed by atoms with Gasteiger partial charge in [-0.3, -0.25) is 10.3 Å². The Balaban J connectivity index is 2.25. The molecule has 4 nitrogen and oxygen atoms in total. The summed E-state index contributed by atoms with van der Waals surface area (Å²) in [5.74, 6) is -0.0108. The zero-order valence-electron chi connectivity index (χ0n) is 9.15. The molecule has 2 aliphatic heterocycles. The van der Waals surface area contributed by atoms with Crippen LogP contribution in [0.15, 0.2) is 36.0 Å². The van der Waals surface area contributed by atoms with Gasteiger partial charge in [-0.05, 0) is 19.1 Å². The molecule has 2 aliphatic rings. The lowest BCUT2D eigenvalue weighted by atomic mass is 10.0. The fourth-order valence-corrected chi connectivity index (χ4v) is 2.30. The lowest BCUT2D eigenvalue weighted by Crippen LogP contribution is -2.41. The standard InChI is InChI=1S/C12H12N2O2/c1-8-7-12(16-13-8)10-6-4-3-5-9(10)11(15)14(12)2/h3-7,13H,1-2H3. The Morgan fingerprint density at radius 2 is 2.12 bits per heavy atom. The number of hydrogen-bond donors (Lipinski definition) is 1. The predicted octanol–water partition coefficient (Wildman–Crippen LogP) is 1.36. The van der Waals surface area contributed by atoms with Crippen molar-refractivity contribution in [1.29, 1.82) is 0 Å². The van der Waals surface area contributed by atoms with E-state index in [0.717, 1.165) is 11.3 Å². The molecule has 1 atom stereocenters. The van der Waals surface area contributed by atoms with Crippen LogP contribution in [0.25, 0.3) is 0 Å². The first-order chi connectivity index (χ1) is 7.65. The Bertz CT molecular complexity index is 509. The van der Waals surface area contributed by atoms with Crippen molar-refractivity contribution in [2.45, 2.75) is 12.6 Å². The van der Waals surface area contributed by atoms with Crippen molar-refractivity contribution < 1.29 is 9.63 Å². The third-order valence-corrected chi connectivity index (χ3v) is 3.13. The average molecular weight is 216 g/mol. The van der Waals surface area contributed by atoms with E-state index < -0.39 is 5.72 Å². The van der Waals surface area contributed by atoms with Crippen molar-refractivity contribution in [2.75, 3.05) is 7.05 Å². The molecule has 1 aromatic carbocycles. The summed E-state index contributed by atoms with van der Waals surface area (Å²) in [5, 5.41) is 0. The average Bonchev–Trinajstić information content (AvgIpc) is 2.78. The molecule has 16 heavy (non-hydrogen) atoms. The molecule has 1 N–H and O–H groups in total. The van der Waals surface area contributed by atoms with E-state index in [1.165, 1.54) is 0 Å². The maximum atomic E-state index is 12.1. The molecule has 0 bridgehead atoms. The second-order valence-electron chi connectivity index (χ2n) is 4.14. The first kappa shape index (κ1) is 9.42. The summed E-state index contributed by atoms with van der Waals surface area (Å²) in [6.45, 7) is 1.91. The summed E-state index contributed by atoms with van der Waals surface area (Å²) >= 11 is 0. The minimum atomic E-state index is -0.766. The van der Waals surface area contributed by atoms with Crippen LogP contribution in [-0.2, 0) is 10.6 Å². The lowest BCUT2D eigenvalue weighted by Gasteiger charge is -2.28. The molecule has 1 spiro atoms. The number of rotatable bonds is 0. The van der Waals surface area contributed by atoms with Gasteiger partial charge < -0.3 is 4.90 Å². The Hall–Kier alpha value is -1.81. The van der Waals surface area contributed by atoms with Crippen LogP contribution in [-0.4, -0.2) is 17.9 Å². The van der Waals surface area contributed by atoms with Crippen LogP contribution < -0.4 is 5.48 Å². The molecule has 0 aromatic heterocycles. The number of carbonyl (C=O) groups is 1. The molecule has 1 unspecified atom stereocenters. The summed E-state index contributed by atoms with van der Waals surface area (Å²) in [4.78, 5) is 19.3. The molecule has 1 amide bonds. The van der Waals surface area contributed by atoms with Gasteiger partial charge in [0.25, 0.3) is 5.91 Å². The minimum absolute atomic E-state index is 0.0108. The van der Waals surface area contributed by atoms with Gasteiger partial charge in [0.15, 0.2) is 0 Å². The second-order valence-corrected chi connectivity index (χ2v) is 4.14. The predicted molar refractivity (Wildman–Crippen MR) is 58.2 cm³/mol. The summed E-state index contributed by atoms with van der Waals surface area (Å²) in [5.41, 5.74) is 4.56. The van der Waals surface area contributed by atoms with Crippen molar-refractivity contribution in [2.24, 2.45) is 0 Å². The SMILES string of the molecule is CC1=CC2(ON1)c1ccccc1C(=O)N2C. The maximum Gasteiger partial charge on any atom is 0.256 e. The summed E-state index contributed by atoms with van der Waals surface area (Å²) in [6.07, 6.45) is 1.93. The zero-order chi connectivity index (χ0) is 11.3. The van der Waals surface area contributed by atoms with E-state index in [0.29, 0.717) is 5.56 Å². The molecule has 3 rings (SSSR count). The third-order valence-electron chi connectivity index (χ3n) is 3.13. The van der Waals surface area contributed by atoms with Crippen LogP contribution in [0.2, 0.25) is 0 Å². The molecule has 0 aliphatic carbocycles. The molecule has 0 fully saturated rings. The lowest BCUT2D eigenvalue weighted by molar-refractivity contribution is -0.114. The third kappa shape index (κ3) is 0.945. The number of hydrogen-bond acceptors (Lipinski definition) is 3. The van der Waals surface area contributed by atoms with E-state index in [4.69, 9.17) is 4.84 Å². The summed E-state index contributed by atoms with van der Waals surface area (Å²) in [7, 11) is 1.75. The van der Waals surface area contributed by atoms with Crippen molar-refractivity contribution in [3.8, 4) is 0 Å². The van der Waals surface area contributed by atoms with Gasteiger partial charge in [-0.2, -0.15) is 0 Å². The molecular weight excluding hydrogens is 204 g/mol. The largest absolute Gasteiger partial charge is 0.304 e. The fourth-order valence-electron chi connectivity index (χ4n) is 2.30. The molecule has 2 heterocycles. The van der Waals surface area contributed by atoms with Crippen molar-refractivity contribution >= 4 is 5.91 Å². The Kier molecular flexibility index (Phi) is 1.68. The normalized spacial score (nSPS) is 27.0. The molecule has 0 saturated heterocycles. The van der Waals surface area contributed by atoms with Gasteiger partial charge in [0.2, 0.25) is 5.72 Å². The fraction of sp³-hybridized carbons (Fsp3) is 0.250. The van der Waals surface area contributed by atoms with Gasteiger partial charge >= 0.3 is 0 Å². The smallest absolute Gasteiger partial charge is 0.256 e. The van der Waals surface area contributed by atoms with Crippen LogP contribution in [0.5, 0.6) is 0 Å². The molecule has 0 saturated carbocycles. The summed E-state index contributed by atoms with van der Waals surface area (Å²) in [6, 6.07) is 7.53. The van der Waals surface area contributed by atoms with E-state index in [9.17, 15) is 4.79 Å². The Morgan fingerprint density at radius 3 is 2.81 bits per heavy atom. The highest BCUT2D eigenvalue weighted by molar-refractivity contribution is 6.00. The highest BCUT2D eigenvalue weighted by Crippen LogP contribution is 2.42. The van der Waals surface area contributed by atoms with Crippen LogP contribution in [0.4, 0.5) is 0 Å². The van der Waals surface area contributed by atoms with Crippen LogP contribution in [0, 0.1) is 0 Å². The van der Waals surface area contributed by atoms with Gasteiger partial charge in [0.05, 0.1) is 0 Å². The van der Waals surface area contributed by atoms with Crippen molar-refractivity contribution in [1.82, 2.24) is 10.4 Å². The Labute approximate surface area is 93.5 Å². The van der Waals surface area contributed by atoms with Gasteiger partial charge in [-0.15, -0.1) is 0 Å². The number of nitrogens with one attached hydrogen (secondary N) is 1. The van der Waals surface area contributed by atoms with Crippen molar-refractivity contribution in [3.05, 3.63) is 47.2 Å². The number of likely N-dealkylation sites (N-methyl/N-ethyl adjacent to an activating group) is 1. The first-order valence-corrected chi connectivity index (χ1v) is 5.16. The quantitative estimate of drug-likeness (QED) is 0.712. The molecule has 4 heteroatoms. The highest BCUT2D eigenvalue weighted by Gasteiger charge is 2.50. The maximum absolute atomic E-state index is 12.1. The number of fused-ring (bicyclic) bond motifs is 2. The number of nitrogens with zero attached hydrogens (tertiary/aromatic N) is 1. The van der Waals surface area contributed by atoms with Gasteiger partial charge in [0, 0.05) is 23.9 Å². The van der Waals surface area contributed by atoms with Gasteiger partial charge in [-0.25, -0.2) is 4.84 Å². The van der Waals surface area contributed by atoms with E-state index >= 15 is 0 Å². The molecule has 0 radical (unpaired) electrons. The highest BCUT2D eigenvalue weighted by atomic mass is 16.7. The van der Waals surface area contributed by atoms with E-state index in [1.807, 2.05) is 37.3 Å². The second kappa shape index (κ2) is 2.86. The van der Waals surface area contributed by atoms with Crippen LogP contribution in [0.3, 0.4) is 0 Å². The zero-order valence-corrected chi connectivity index (χ0v) is 9.15. The monoisotopic (exact) mass is 216 g/mol. The number of allylic oxidation sites excluding steroid dienone is 1. The van der Waals surface area contributed by atoms with E-state index in [1.54, 1.807) is 11.9 Å². The number of amides is 1. The van der Waals surface area contributed by atoms with Gasteiger partial charge in [-0.1, -0.05) is 18.2 Å². The van der Waals surface area contributed by atoms with Crippen LogP contribution in [0.1, 0.15) is 22.8 Å². The number of benzene rings is 1.